The molecular formula is C12H19N3. The Kier molecular flexibility index (Phi) is 2.65. The number of hydrogen-bond acceptors (Lipinski definition) is 2. The fourth-order valence-electron chi connectivity index (χ4n) is 1.45. The van der Waals surface area contributed by atoms with Gasteiger partial charge in [0.05, 0.1) is 11.8 Å². The average molecular weight is 205 g/mol. The first-order valence-electron chi connectivity index (χ1n) is 5.17. The highest BCUT2D eigenvalue weighted by Crippen LogP contribution is 2.24. The Labute approximate surface area is 91.7 Å². The summed E-state index contributed by atoms with van der Waals surface area (Å²) in [7, 11) is 0. The van der Waals surface area contributed by atoms with Gasteiger partial charge in [-0.2, -0.15) is 10.4 Å². The maximum Gasteiger partial charge on any atom is 0.143 e. The lowest BCUT2D eigenvalue weighted by molar-refractivity contribution is 0.398. The standard InChI is InChI=1S/C12H19N3/c1-9-7-10(11(2,3)4)14-15(9)12(5,6)8-13/h7H,1-6H3. The molecule has 1 rings (SSSR count). The molecule has 1 heterocycles. The molecule has 0 aliphatic rings. The van der Waals surface area contributed by atoms with Gasteiger partial charge in [0.2, 0.25) is 0 Å². The lowest BCUT2D eigenvalue weighted by Crippen LogP contribution is -2.27. The Morgan fingerprint density at radius 2 is 1.80 bits per heavy atom. The number of aryl methyl sites for hydroxylation is 1. The summed E-state index contributed by atoms with van der Waals surface area (Å²) in [6.45, 7) is 12.1. The maximum atomic E-state index is 9.07. The van der Waals surface area contributed by atoms with Crippen LogP contribution in [-0.4, -0.2) is 9.78 Å². The highest BCUT2D eigenvalue weighted by atomic mass is 15.3. The van der Waals surface area contributed by atoms with Crippen LogP contribution in [-0.2, 0) is 11.0 Å². The van der Waals surface area contributed by atoms with E-state index in [0.717, 1.165) is 11.4 Å². The van der Waals surface area contributed by atoms with Crippen LogP contribution in [0.15, 0.2) is 6.07 Å². The predicted octanol–water partition coefficient (Wildman–Crippen LogP) is 2.75. The quantitative estimate of drug-likeness (QED) is 0.707. The number of nitriles is 1. The van der Waals surface area contributed by atoms with Crippen molar-refractivity contribution in [2.75, 3.05) is 0 Å². The van der Waals surface area contributed by atoms with E-state index >= 15 is 0 Å². The van der Waals surface area contributed by atoms with E-state index in [1.165, 1.54) is 0 Å². The van der Waals surface area contributed by atoms with Gasteiger partial charge < -0.3 is 0 Å². The molecule has 3 heteroatoms. The van der Waals surface area contributed by atoms with Crippen molar-refractivity contribution in [2.24, 2.45) is 0 Å². The number of hydrogen-bond donors (Lipinski definition) is 0. The van der Waals surface area contributed by atoms with Crippen LogP contribution in [0.4, 0.5) is 0 Å². The summed E-state index contributed by atoms with van der Waals surface area (Å²) in [5, 5.41) is 13.6. The zero-order valence-electron chi connectivity index (χ0n) is 10.4. The lowest BCUT2D eigenvalue weighted by Gasteiger charge is -2.19. The molecule has 15 heavy (non-hydrogen) atoms. The fraction of sp³-hybridized carbons (Fsp3) is 0.667. The Hall–Kier alpha value is -1.30. The van der Waals surface area contributed by atoms with Crippen molar-refractivity contribution in [1.29, 1.82) is 5.26 Å². The first-order chi connectivity index (χ1) is 6.68. The van der Waals surface area contributed by atoms with Crippen LogP contribution in [0.2, 0.25) is 0 Å². The molecule has 1 aromatic heterocycles. The Morgan fingerprint density at radius 1 is 1.27 bits per heavy atom. The smallest absolute Gasteiger partial charge is 0.143 e. The minimum Gasteiger partial charge on any atom is -0.250 e. The Bertz CT molecular complexity index is 399. The van der Waals surface area contributed by atoms with Crippen LogP contribution in [0, 0.1) is 18.3 Å². The van der Waals surface area contributed by atoms with Crippen LogP contribution in [0.25, 0.3) is 0 Å². The SMILES string of the molecule is Cc1cc(C(C)(C)C)nn1C(C)(C)C#N. The Morgan fingerprint density at radius 3 is 2.13 bits per heavy atom. The van der Waals surface area contributed by atoms with Gasteiger partial charge in [0, 0.05) is 11.1 Å². The molecule has 0 saturated carbocycles. The van der Waals surface area contributed by atoms with Gasteiger partial charge in [0.15, 0.2) is 0 Å². The van der Waals surface area contributed by atoms with Crippen molar-refractivity contribution >= 4 is 0 Å². The molecule has 0 aliphatic heterocycles. The van der Waals surface area contributed by atoms with Gasteiger partial charge in [-0.3, -0.25) is 0 Å². The molecule has 0 spiro atoms. The number of aromatic nitrogens is 2. The lowest BCUT2D eigenvalue weighted by atomic mass is 9.92. The van der Waals surface area contributed by atoms with Gasteiger partial charge in [-0.25, -0.2) is 4.68 Å². The van der Waals surface area contributed by atoms with E-state index in [1.807, 2.05) is 20.8 Å². The number of nitrogens with zero attached hydrogens (tertiary/aromatic N) is 3. The molecule has 0 radical (unpaired) electrons. The van der Waals surface area contributed by atoms with E-state index in [-0.39, 0.29) is 5.41 Å². The van der Waals surface area contributed by atoms with Crippen molar-refractivity contribution in [3.63, 3.8) is 0 Å². The van der Waals surface area contributed by atoms with Gasteiger partial charge >= 0.3 is 0 Å². The second-order valence-electron chi connectivity index (χ2n) is 5.50. The molecule has 0 unspecified atom stereocenters. The van der Waals surface area contributed by atoms with E-state index in [2.05, 4.69) is 38.0 Å². The summed E-state index contributed by atoms with van der Waals surface area (Å²) < 4.78 is 1.80. The van der Waals surface area contributed by atoms with Crippen molar-refractivity contribution in [2.45, 2.75) is 52.5 Å². The topological polar surface area (TPSA) is 41.6 Å². The second-order valence-corrected chi connectivity index (χ2v) is 5.50. The van der Waals surface area contributed by atoms with Crippen molar-refractivity contribution in [1.82, 2.24) is 9.78 Å². The monoisotopic (exact) mass is 205 g/mol. The van der Waals surface area contributed by atoms with Crippen LogP contribution in [0.3, 0.4) is 0 Å². The third-order valence-corrected chi connectivity index (χ3v) is 2.46. The Balaban J connectivity index is 3.26. The molecule has 3 nitrogen and oxygen atoms in total. The first-order valence-corrected chi connectivity index (χ1v) is 5.17. The minimum atomic E-state index is -0.576. The van der Waals surface area contributed by atoms with Crippen LogP contribution in [0.1, 0.15) is 46.0 Å². The summed E-state index contributed by atoms with van der Waals surface area (Å²) in [5.41, 5.74) is 1.52. The highest BCUT2D eigenvalue weighted by Gasteiger charge is 2.26. The third kappa shape index (κ3) is 2.20. The molecule has 0 N–H and O–H groups in total. The van der Waals surface area contributed by atoms with E-state index in [4.69, 9.17) is 5.26 Å². The normalized spacial score (nSPS) is 12.6. The van der Waals surface area contributed by atoms with E-state index in [1.54, 1.807) is 4.68 Å². The molecule has 0 atom stereocenters. The van der Waals surface area contributed by atoms with Gasteiger partial charge in [0.1, 0.15) is 5.54 Å². The fourth-order valence-corrected chi connectivity index (χ4v) is 1.45. The molecule has 0 amide bonds. The molecule has 0 saturated heterocycles. The van der Waals surface area contributed by atoms with Crippen LogP contribution in [0.5, 0.6) is 0 Å². The van der Waals surface area contributed by atoms with Crippen LogP contribution >= 0.6 is 0 Å². The molecule has 0 aliphatic carbocycles. The second kappa shape index (κ2) is 3.37. The zero-order valence-corrected chi connectivity index (χ0v) is 10.4. The molecule has 1 aromatic rings. The molecular weight excluding hydrogens is 186 g/mol. The summed E-state index contributed by atoms with van der Waals surface area (Å²) in [5.74, 6) is 0. The van der Waals surface area contributed by atoms with Crippen molar-refractivity contribution in [3.05, 3.63) is 17.5 Å². The van der Waals surface area contributed by atoms with Gasteiger partial charge in [-0.15, -0.1) is 0 Å². The summed E-state index contributed by atoms with van der Waals surface area (Å²) in [6, 6.07) is 4.32. The predicted molar refractivity (Wildman–Crippen MR) is 60.6 cm³/mol. The highest BCUT2D eigenvalue weighted by molar-refractivity contribution is 5.19. The molecule has 0 bridgehead atoms. The molecule has 82 valence electrons. The van der Waals surface area contributed by atoms with E-state index < -0.39 is 5.54 Å². The van der Waals surface area contributed by atoms with Crippen LogP contribution < -0.4 is 0 Å². The average Bonchev–Trinajstić information content (AvgIpc) is 2.47. The molecule has 0 aromatic carbocycles. The van der Waals surface area contributed by atoms with Gasteiger partial charge in [0.25, 0.3) is 0 Å². The van der Waals surface area contributed by atoms with E-state index in [9.17, 15) is 0 Å². The summed E-state index contributed by atoms with van der Waals surface area (Å²) >= 11 is 0. The zero-order chi connectivity index (χ0) is 11.9. The summed E-state index contributed by atoms with van der Waals surface area (Å²) in [4.78, 5) is 0. The van der Waals surface area contributed by atoms with Crippen molar-refractivity contribution in [3.8, 4) is 6.07 Å². The first kappa shape index (κ1) is 11.8. The van der Waals surface area contributed by atoms with Gasteiger partial charge in [-0.05, 0) is 26.8 Å². The maximum absolute atomic E-state index is 9.07. The van der Waals surface area contributed by atoms with Gasteiger partial charge in [-0.1, -0.05) is 20.8 Å². The number of rotatable bonds is 1. The molecule has 0 fully saturated rings. The van der Waals surface area contributed by atoms with E-state index in [0.29, 0.717) is 0 Å². The largest absolute Gasteiger partial charge is 0.250 e. The van der Waals surface area contributed by atoms with Crippen molar-refractivity contribution < 1.29 is 0 Å². The minimum absolute atomic E-state index is 0.0293. The summed E-state index contributed by atoms with van der Waals surface area (Å²) in [6.07, 6.45) is 0. The third-order valence-electron chi connectivity index (χ3n) is 2.46.